The molecule has 1 fully saturated rings. The van der Waals surface area contributed by atoms with Crippen LogP contribution in [0.5, 0.6) is 0 Å². The lowest BCUT2D eigenvalue weighted by atomic mass is 10.2. The van der Waals surface area contributed by atoms with Crippen molar-refractivity contribution in [3.05, 3.63) is 22.4 Å². The molecule has 104 valence electrons. The maximum atomic E-state index is 12.1. The second-order valence-corrected chi connectivity index (χ2v) is 5.48. The first kappa shape index (κ1) is 14.0. The lowest BCUT2D eigenvalue weighted by molar-refractivity contribution is -0.141. The number of ether oxygens (including phenoxy) is 1. The largest absolute Gasteiger partial charge is 0.375 e. The van der Waals surface area contributed by atoms with E-state index in [1.807, 2.05) is 22.4 Å². The van der Waals surface area contributed by atoms with Gasteiger partial charge in [0, 0.05) is 38.2 Å². The Labute approximate surface area is 116 Å². The van der Waals surface area contributed by atoms with Gasteiger partial charge in [0.15, 0.2) is 0 Å². The van der Waals surface area contributed by atoms with E-state index in [1.165, 1.54) is 7.11 Å². The van der Waals surface area contributed by atoms with Crippen LogP contribution in [0.3, 0.4) is 0 Å². The summed E-state index contributed by atoms with van der Waals surface area (Å²) in [5, 5.41) is 1.98. The van der Waals surface area contributed by atoms with Gasteiger partial charge in [-0.3, -0.25) is 9.59 Å². The second kappa shape index (κ2) is 6.68. The van der Waals surface area contributed by atoms with Crippen molar-refractivity contribution in [2.45, 2.75) is 6.42 Å². The molecule has 0 radical (unpaired) electrons. The number of amides is 2. The molecule has 1 aliphatic heterocycles. The van der Waals surface area contributed by atoms with Gasteiger partial charge in [-0.05, 0) is 11.4 Å². The molecule has 0 spiro atoms. The van der Waals surface area contributed by atoms with Crippen LogP contribution in [0.2, 0.25) is 0 Å². The van der Waals surface area contributed by atoms with Gasteiger partial charge in [-0.25, -0.2) is 0 Å². The number of piperazine rings is 1. The van der Waals surface area contributed by atoms with Crippen molar-refractivity contribution in [3.63, 3.8) is 0 Å². The summed E-state index contributed by atoms with van der Waals surface area (Å²) in [4.78, 5) is 28.4. The van der Waals surface area contributed by atoms with Crippen LogP contribution >= 0.6 is 11.3 Å². The zero-order valence-electron chi connectivity index (χ0n) is 11.0. The Morgan fingerprint density at radius 2 is 1.84 bits per heavy atom. The summed E-state index contributed by atoms with van der Waals surface area (Å²) in [5.41, 5.74) is 0. The molecule has 0 aliphatic carbocycles. The van der Waals surface area contributed by atoms with E-state index in [0.717, 1.165) is 4.88 Å². The number of methoxy groups -OCH3 is 1. The quantitative estimate of drug-likeness (QED) is 0.813. The average molecular weight is 282 g/mol. The molecule has 1 saturated heterocycles. The van der Waals surface area contributed by atoms with E-state index >= 15 is 0 Å². The Bertz CT molecular complexity index is 425. The highest BCUT2D eigenvalue weighted by molar-refractivity contribution is 7.10. The Morgan fingerprint density at radius 3 is 2.37 bits per heavy atom. The SMILES string of the molecule is COCC(=O)N1CCN(C(=O)Cc2cccs2)CC1. The smallest absolute Gasteiger partial charge is 0.248 e. The summed E-state index contributed by atoms with van der Waals surface area (Å²) < 4.78 is 4.83. The number of carbonyl (C=O) groups excluding carboxylic acids is 2. The molecule has 1 aromatic heterocycles. The molecule has 0 atom stereocenters. The molecule has 19 heavy (non-hydrogen) atoms. The first-order chi connectivity index (χ1) is 9.20. The molecule has 0 bridgehead atoms. The number of rotatable bonds is 4. The molecule has 2 amide bonds. The third-order valence-electron chi connectivity index (χ3n) is 3.16. The second-order valence-electron chi connectivity index (χ2n) is 4.45. The average Bonchev–Trinajstić information content (AvgIpc) is 2.92. The summed E-state index contributed by atoms with van der Waals surface area (Å²) in [6.45, 7) is 2.53. The molecule has 0 saturated carbocycles. The maximum absolute atomic E-state index is 12.1. The molecule has 0 aromatic carbocycles. The first-order valence-electron chi connectivity index (χ1n) is 6.27. The molecule has 2 rings (SSSR count). The van der Waals surface area contributed by atoms with Gasteiger partial charge in [-0.1, -0.05) is 6.07 Å². The van der Waals surface area contributed by atoms with E-state index in [-0.39, 0.29) is 18.4 Å². The highest BCUT2D eigenvalue weighted by Crippen LogP contribution is 2.12. The van der Waals surface area contributed by atoms with Crippen LogP contribution in [0.1, 0.15) is 4.88 Å². The minimum atomic E-state index is -0.00662. The predicted octanol–water partition coefficient (Wildman–Crippen LogP) is 0.608. The normalized spacial score (nSPS) is 15.6. The molecule has 0 unspecified atom stereocenters. The van der Waals surface area contributed by atoms with Crippen LogP contribution in [0.25, 0.3) is 0 Å². The molecule has 1 aliphatic rings. The first-order valence-corrected chi connectivity index (χ1v) is 7.15. The van der Waals surface area contributed by atoms with Gasteiger partial charge in [0.2, 0.25) is 11.8 Å². The van der Waals surface area contributed by atoms with Crippen molar-refractivity contribution in [3.8, 4) is 0 Å². The summed E-state index contributed by atoms with van der Waals surface area (Å²) in [6.07, 6.45) is 0.462. The monoisotopic (exact) mass is 282 g/mol. The van der Waals surface area contributed by atoms with Crippen LogP contribution in [0, 0.1) is 0 Å². The van der Waals surface area contributed by atoms with Crippen molar-refractivity contribution < 1.29 is 14.3 Å². The summed E-state index contributed by atoms with van der Waals surface area (Å²) in [7, 11) is 1.51. The minimum Gasteiger partial charge on any atom is -0.375 e. The lowest BCUT2D eigenvalue weighted by Gasteiger charge is -2.34. The number of carbonyl (C=O) groups is 2. The van der Waals surface area contributed by atoms with Gasteiger partial charge in [-0.2, -0.15) is 0 Å². The Balaban J connectivity index is 1.79. The topological polar surface area (TPSA) is 49.9 Å². The van der Waals surface area contributed by atoms with E-state index in [9.17, 15) is 9.59 Å². The van der Waals surface area contributed by atoms with Crippen LogP contribution in [0.15, 0.2) is 17.5 Å². The van der Waals surface area contributed by atoms with E-state index in [1.54, 1.807) is 16.2 Å². The van der Waals surface area contributed by atoms with Gasteiger partial charge >= 0.3 is 0 Å². The summed E-state index contributed by atoms with van der Waals surface area (Å²) in [5.74, 6) is 0.133. The molecular weight excluding hydrogens is 264 g/mol. The van der Waals surface area contributed by atoms with Crippen molar-refractivity contribution in [2.24, 2.45) is 0 Å². The highest BCUT2D eigenvalue weighted by atomic mass is 32.1. The van der Waals surface area contributed by atoms with Gasteiger partial charge in [0.05, 0.1) is 6.42 Å². The van der Waals surface area contributed by atoms with Gasteiger partial charge < -0.3 is 14.5 Å². The third-order valence-corrected chi connectivity index (χ3v) is 4.03. The van der Waals surface area contributed by atoms with Gasteiger partial charge in [-0.15, -0.1) is 11.3 Å². The Kier molecular flexibility index (Phi) is 4.93. The van der Waals surface area contributed by atoms with Crippen LogP contribution in [-0.4, -0.2) is 61.5 Å². The van der Waals surface area contributed by atoms with E-state index in [2.05, 4.69) is 0 Å². The Hall–Kier alpha value is -1.40. The minimum absolute atomic E-state index is 0.00662. The fraction of sp³-hybridized carbons (Fsp3) is 0.538. The number of nitrogens with zero attached hydrogens (tertiary/aromatic N) is 2. The molecule has 2 heterocycles. The molecule has 6 heteroatoms. The van der Waals surface area contributed by atoms with Crippen LogP contribution < -0.4 is 0 Å². The van der Waals surface area contributed by atoms with E-state index in [0.29, 0.717) is 32.6 Å². The number of hydrogen-bond donors (Lipinski definition) is 0. The summed E-state index contributed by atoms with van der Waals surface area (Å²) in [6, 6.07) is 3.93. The lowest BCUT2D eigenvalue weighted by Crippen LogP contribution is -2.51. The maximum Gasteiger partial charge on any atom is 0.248 e. The molecule has 5 nitrogen and oxygen atoms in total. The highest BCUT2D eigenvalue weighted by Gasteiger charge is 2.23. The predicted molar refractivity (Wildman–Crippen MR) is 73.1 cm³/mol. The fourth-order valence-electron chi connectivity index (χ4n) is 2.09. The van der Waals surface area contributed by atoms with Gasteiger partial charge in [0.1, 0.15) is 6.61 Å². The summed E-state index contributed by atoms with van der Waals surface area (Å²) >= 11 is 1.60. The number of hydrogen-bond acceptors (Lipinski definition) is 4. The molecule has 0 N–H and O–H groups in total. The van der Waals surface area contributed by atoms with Gasteiger partial charge in [0.25, 0.3) is 0 Å². The molecule has 1 aromatic rings. The van der Waals surface area contributed by atoms with Crippen molar-refractivity contribution >= 4 is 23.2 Å². The fourth-order valence-corrected chi connectivity index (χ4v) is 2.79. The third kappa shape index (κ3) is 3.78. The number of thiophene rings is 1. The standard InChI is InChI=1S/C13H18N2O3S/c1-18-10-13(17)15-6-4-14(5-7-15)12(16)9-11-3-2-8-19-11/h2-3,8H,4-7,9-10H2,1H3. The van der Waals surface area contributed by atoms with Crippen LogP contribution in [-0.2, 0) is 20.7 Å². The van der Waals surface area contributed by atoms with Crippen LogP contribution in [0.4, 0.5) is 0 Å². The van der Waals surface area contributed by atoms with E-state index < -0.39 is 0 Å². The molecular formula is C13H18N2O3S. The van der Waals surface area contributed by atoms with Crippen molar-refractivity contribution in [2.75, 3.05) is 39.9 Å². The van der Waals surface area contributed by atoms with Crippen molar-refractivity contribution in [1.82, 2.24) is 9.80 Å². The zero-order chi connectivity index (χ0) is 13.7. The van der Waals surface area contributed by atoms with Crippen molar-refractivity contribution in [1.29, 1.82) is 0 Å². The Morgan fingerprint density at radius 1 is 1.21 bits per heavy atom. The zero-order valence-corrected chi connectivity index (χ0v) is 11.8. The van der Waals surface area contributed by atoms with E-state index in [4.69, 9.17) is 4.74 Å².